The maximum atomic E-state index is 12.5. The molecule has 0 aliphatic carbocycles. The Bertz CT molecular complexity index is 1330. The van der Waals surface area contributed by atoms with Gasteiger partial charge >= 0.3 is 5.97 Å². The lowest BCUT2D eigenvalue weighted by atomic mass is 9.98. The van der Waals surface area contributed by atoms with Crippen molar-refractivity contribution in [2.75, 3.05) is 18.4 Å². The molecule has 3 rings (SSSR count). The number of nitrogens with zero attached hydrogens (tertiary/aromatic N) is 1. The lowest BCUT2D eigenvalue weighted by Crippen LogP contribution is -2.40. The van der Waals surface area contributed by atoms with Gasteiger partial charge in [-0.3, -0.25) is 19.2 Å². The summed E-state index contributed by atoms with van der Waals surface area (Å²) in [6.45, 7) is 1.38. The van der Waals surface area contributed by atoms with Crippen molar-refractivity contribution >= 4 is 58.3 Å². The third-order valence-electron chi connectivity index (χ3n) is 5.58. The van der Waals surface area contributed by atoms with Crippen LogP contribution in [0.4, 0.5) is 11.5 Å². The zero-order chi connectivity index (χ0) is 27.7. The van der Waals surface area contributed by atoms with Crippen LogP contribution in [-0.4, -0.2) is 46.7 Å². The summed E-state index contributed by atoms with van der Waals surface area (Å²) in [4.78, 5) is 53.1. The number of nitrogens with one attached hydrogen (secondary N) is 3. The molecule has 0 unspecified atom stereocenters. The van der Waals surface area contributed by atoms with E-state index in [1.165, 1.54) is 12.1 Å². The fourth-order valence-electron chi connectivity index (χ4n) is 3.56. The number of aromatic nitrogens is 1. The van der Waals surface area contributed by atoms with Crippen molar-refractivity contribution in [3.63, 3.8) is 0 Å². The largest absolute Gasteiger partial charge is 0.481 e. The van der Waals surface area contributed by atoms with Gasteiger partial charge in [-0.25, -0.2) is 4.98 Å². The maximum Gasteiger partial charge on any atom is 0.308 e. The normalized spacial score (nSPS) is 11.3. The minimum Gasteiger partial charge on any atom is -0.481 e. The van der Waals surface area contributed by atoms with Crippen LogP contribution < -0.4 is 16.0 Å². The number of Topliss-reactive ketones (excluding diaryl/α,β-unsaturated/α-hetero) is 1. The topological polar surface area (TPSA) is 137 Å². The Morgan fingerprint density at radius 2 is 1.68 bits per heavy atom. The van der Waals surface area contributed by atoms with E-state index in [1.54, 1.807) is 36.5 Å². The van der Waals surface area contributed by atoms with Crippen LogP contribution in [0.2, 0.25) is 10.0 Å². The molecule has 0 saturated carbocycles. The second-order valence-electron chi connectivity index (χ2n) is 8.50. The number of aliphatic carboxylic acids is 1. The molecule has 198 valence electrons. The first-order valence-electron chi connectivity index (χ1n) is 11.7. The highest BCUT2D eigenvalue weighted by atomic mass is 35.5. The molecule has 1 aromatic heterocycles. The number of amides is 2. The predicted molar refractivity (Wildman–Crippen MR) is 145 cm³/mol. The third-order valence-corrected chi connectivity index (χ3v) is 6.21. The van der Waals surface area contributed by atoms with Crippen LogP contribution in [0.3, 0.4) is 0 Å². The van der Waals surface area contributed by atoms with Crippen LogP contribution in [-0.2, 0) is 9.59 Å². The number of halogens is 2. The number of aryl methyl sites for hydroxylation is 1. The standard InChI is InChI=1S/C27H26Cl2N4O5/c1-16-10-11-30-23(12-16)33-19-5-2-4-17(13-19)26(36)32-15-24(35)31-14-18(27(37)38)8-9-22(34)25-20(28)6-3-7-21(25)29/h2-7,10-13,18H,8-9,14-15H2,1H3,(H,30,33)(H,31,35)(H,32,36)(H,37,38)/t18-/m0/s1. The monoisotopic (exact) mass is 556 g/mol. The smallest absolute Gasteiger partial charge is 0.308 e. The Morgan fingerprint density at radius 1 is 0.974 bits per heavy atom. The first-order valence-corrected chi connectivity index (χ1v) is 12.4. The lowest BCUT2D eigenvalue weighted by Gasteiger charge is -2.14. The van der Waals surface area contributed by atoms with E-state index >= 15 is 0 Å². The van der Waals surface area contributed by atoms with Gasteiger partial charge in [0, 0.05) is 30.4 Å². The Labute approximate surface area is 229 Å². The van der Waals surface area contributed by atoms with E-state index in [0.29, 0.717) is 17.1 Å². The van der Waals surface area contributed by atoms with Gasteiger partial charge in [-0.05, 0) is 61.4 Å². The van der Waals surface area contributed by atoms with Crippen molar-refractivity contribution in [1.29, 1.82) is 0 Å². The van der Waals surface area contributed by atoms with Crippen molar-refractivity contribution in [2.45, 2.75) is 19.8 Å². The number of carbonyl (C=O) groups excluding carboxylic acids is 3. The van der Waals surface area contributed by atoms with Crippen LogP contribution in [0.1, 0.15) is 39.1 Å². The van der Waals surface area contributed by atoms with E-state index in [9.17, 15) is 24.3 Å². The second-order valence-corrected chi connectivity index (χ2v) is 9.32. The van der Waals surface area contributed by atoms with Crippen LogP contribution in [0, 0.1) is 12.8 Å². The average molecular weight is 557 g/mol. The molecular formula is C27H26Cl2N4O5. The van der Waals surface area contributed by atoms with E-state index in [-0.39, 0.29) is 47.3 Å². The molecule has 0 aliphatic heterocycles. The van der Waals surface area contributed by atoms with Gasteiger partial charge in [-0.1, -0.05) is 35.3 Å². The summed E-state index contributed by atoms with van der Waals surface area (Å²) in [7, 11) is 0. The summed E-state index contributed by atoms with van der Waals surface area (Å²) < 4.78 is 0. The molecule has 0 fully saturated rings. The van der Waals surface area contributed by atoms with Gasteiger partial charge in [0.05, 0.1) is 28.1 Å². The van der Waals surface area contributed by atoms with Crippen molar-refractivity contribution in [1.82, 2.24) is 15.6 Å². The molecule has 2 aromatic carbocycles. The van der Waals surface area contributed by atoms with Gasteiger partial charge < -0.3 is 21.1 Å². The molecule has 3 aromatic rings. The Morgan fingerprint density at radius 3 is 2.37 bits per heavy atom. The first kappa shape index (κ1) is 28.6. The number of pyridine rings is 1. The van der Waals surface area contributed by atoms with E-state index in [2.05, 4.69) is 20.9 Å². The summed E-state index contributed by atoms with van der Waals surface area (Å²) >= 11 is 12.1. The highest BCUT2D eigenvalue weighted by molar-refractivity contribution is 6.39. The molecule has 0 saturated heterocycles. The Kier molecular flexibility index (Phi) is 10.2. The number of benzene rings is 2. The molecule has 0 aliphatic rings. The van der Waals surface area contributed by atoms with Crippen molar-refractivity contribution in [2.24, 2.45) is 5.92 Å². The lowest BCUT2D eigenvalue weighted by molar-refractivity contribution is -0.141. The van der Waals surface area contributed by atoms with Crippen molar-refractivity contribution in [3.8, 4) is 0 Å². The molecule has 2 amide bonds. The Hall–Kier alpha value is -3.95. The first-order chi connectivity index (χ1) is 18.1. The molecule has 4 N–H and O–H groups in total. The molecule has 1 heterocycles. The number of hydrogen-bond acceptors (Lipinski definition) is 6. The number of carbonyl (C=O) groups is 4. The molecule has 1 atom stereocenters. The fourth-order valence-corrected chi connectivity index (χ4v) is 4.17. The highest BCUT2D eigenvalue weighted by Gasteiger charge is 2.22. The third kappa shape index (κ3) is 8.29. The summed E-state index contributed by atoms with van der Waals surface area (Å²) in [5.74, 6) is -2.98. The van der Waals surface area contributed by atoms with Crippen LogP contribution in [0.15, 0.2) is 60.8 Å². The van der Waals surface area contributed by atoms with Crippen LogP contribution in [0.25, 0.3) is 0 Å². The SMILES string of the molecule is Cc1ccnc(Nc2cccc(C(=O)NCC(=O)NC[C@H](CCC(=O)c3c(Cl)cccc3Cl)C(=O)O)c2)c1. The van der Waals surface area contributed by atoms with Crippen LogP contribution in [0.5, 0.6) is 0 Å². The number of hydrogen-bond donors (Lipinski definition) is 4. The number of rotatable bonds is 12. The van der Waals surface area contributed by atoms with Gasteiger partial charge in [0.1, 0.15) is 5.82 Å². The molecule has 0 spiro atoms. The van der Waals surface area contributed by atoms with E-state index in [1.807, 2.05) is 19.1 Å². The van der Waals surface area contributed by atoms with Crippen LogP contribution >= 0.6 is 23.2 Å². The number of anilines is 2. The van der Waals surface area contributed by atoms with E-state index in [4.69, 9.17) is 23.2 Å². The molecule has 9 nitrogen and oxygen atoms in total. The quantitative estimate of drug-likeness (QED) is 0.238. The van der Waals surface area contributed by atoms with Gasteiger partial charge in [0.15, 0.2) is 5.78 Å². The van der Waals surface area contributed by atoms with Gasteiger partial charge in [0.25, 0.3) is 5.91 Å². The summed E-state index contributed by atoms with van der Waals surface area (Å²) in [6.07, 6.45) is 1.53. The molecule has 0 radical (unpaired) electrons. The summed E-state index contributed by atoms with van der Waals surface area (Å²) in [6, 6.07) is 15.1. The molecule has 11 heteroatoms. The maximum absolute atomic E-state index is 12.5. The molecular weight excluding hydrogens is 531 g/mol. The highest BCUT2D eigenvalue weighted by Crippen LogP contribution is 2.26. The second kappa shape index (κ2) is 13.6. The molecule has 0 bridgehead atoms. The Balaban J connectivity index is 1.48. The number of carboxylic acids is 1. The molecule has 38 heavy (non-hydrogen) atoms. The zero-order valence-electron chi connectivity index (χ0n) is 20.5. The van der Waals surface area contributed by atoms with Gasteiger partial charge in [-0.2, -0.15) is 0 Å². The predicted octanol–water partition coefficient (Wildman–Crippen LogP) is 4.65. The number of ketones is 1. The summed E-state index contributed by atoms with van der Waals surface area (Å²) in [5.41, 5.74) is 2.15. The van der Waals surface area contributed by atoms with Gasteiger partial charge in [-0.15, -0.1) is 0 Å². The van der Waals surface area contributed by atoms with Crippen molar-refractivity contribution < 1.29 is 24.3 Å². The zero-order valence-corrected chi connectivity index (χ0v) is 22.0. The van der Waals surface area contributed by atoms with E-state index < -0.39 is 23.7 Å². The minimum atomic E-state index is -1.17. The fraction of sp³-hybridized carbons (Fsp3) is 0.222. The average Bonchev–Trinajstić information content (AvgIpc) is 2.87. The summed E-state index contributed by atoms with van der Waals surface area (Å²) in [5, 5.41) is 18.0. The number of carboxylic acid groups (broad SMARTS) is 1. The van der Waals surface area contributed by atoms with Gasteiger partial charge in [0.2, 0.25) is 5.91 Å². The minimum absolute atomic E-state index is 0.0298. The van der Waals surface area contributed by atoms with E-state index in [0.717, 1.165) is 5.56 Å². The van der Waals surface area contributed by atoms with Crippen molar-refractivity contribution in [3.05, 3.63) is 87.5 Å².